The molecule has 5 aliphatic carbocycles. The maximum Gasteiger partial charge on any atom is 0.308 e. The highest BCUT2D eigenvalue weighted by Crippen LogP contribution is 2.60. The maximum atomic E-state index is 13.0. The fourth-order valence-corrected chi connectivity index (χ4v) is 6.56. The summed E-state index contributed by atoms with van der Waals surface area (Å²) in [6, 6.07) is 0. The number of esters is 1. The fourth-order valence-electron chi connectivity index (χ4n) is 6.56. The lowest BCUT2D eigenvalue weighted by atomic mass is 9.49. The van der Waals surface area contributed by atoms with Gasteiger partial charge in [-0.15, -0.1) is 0 Å². The SMILES string of the molecule is COC(=O)C1CCC(O)(CNC(=O)C23CC4CC(CC(C4)C2)C3)CC1. The molecule has 5 nitrogen and oxygen atoms in total. The summed E-state index contributed by atoms with van der Waals surface area (Å²) in [6.45, 7) is 0.321. The minimum Gasteiger partial charge on any atom is -0.469 e. The zero-order chi connectivity index (χ0) is 17.7. The van der Waals surface area contributed by atoms with Crippen molar-refractivity contribution in [3.8, 4) is 0 Å². The lowest BCUT2D eigenvalue weighted by molar-refractivity contribution is -0.151. The van der Waals surface area contributed by atoms with E-state index in [2.05, 4.69) is 5.32 Å². The summed E-state index contributed by atoms with van der Waals surface area (Å²) < 4.78 is 4.80. The van der Waals surface area contributed by atoms with Crippen molar-refractivity contribution < 1.29 is 19.4 Å². The predicted molar refractivity (Wildman–Crippen MR) is 92.5 cm³/mol. The number of ether oxygens (including phenoxy) is 1. The van der Waals surface area contributed by atoms with Gasteiger partial charge in [0.05, 0.1) is 18.6 Å². The second-order valence-electron chi connectivity index (χ2n) is 9.40. The zero-order valence-electron chi connectivity index (χ0n) is 15.3. The minimum atomic E-state index is -0.873. The van der Waals surface area contributed by atoms with Gasteiger partial charge in [-0.25, -0.2) is 0 Å². The van der Waals surface area contributed by atoms with Crippen LogP contribution >= 0.6 is 0 Å². The van der Waals surface area contributed by atoms with E-state index in [9.17, 15) is 14.7 Å². The third kappa shape index (κ3) is 3.20. The van der Waals surface area contributed by atoms with Crippen LogP contribution in [-0.4, -0.2) is 36.2 Å². The van der Waals surface area contributed by atoms with Crippen molar-refractivity contribution in [2.24, 2.45) is 29.1 Å². The number of hydrogen-bond acceptors (Lipinski definition) is 4. The van der Waals surface area contributed by atoms with E-state index in [1.807, 2.05) is 0 Å². The largest absolute Gasteiger partial charge is 0.469 e. The summed E-state index contributed by atoms with van der Waals surface area (Å²) in [4.78, 5) is 24.6. The number of carbonyl (C=O) groups excluding carboxylic acids is 2. The number of methoxy groups -OCH3 is 1. The first-order chi connectivity index (χ1) is 11.9. The molecule has 0 radical (unpaired) electrons. The molecular weight excluding hydrogens is 318 g/mol. The monoisotopic (exact) mass is 349 g/mol. The number of carbonyl (C=O) groups is 2. The van der Waals surface area contributed by atoms with Gasteiger partial charge in [-0.1, -0.05) is 0 Å². The minimum absolute atomic E-state index is 0.107. The molecule has 0 spiro atoms. The molecule has 5 rings (SSSR count). The molecule has 5 saturated carbocycles. The first kappa shape index (κ1) is 17.3. The lowest BCUT2D eigenvalue weighted by Gasteiger charge is -2.55. The van der Waals surface area contributed by atoms with E-state index in [1.54, 1.807) is 0 Å². The Morgan fingerprint density at radius 2 is 1.56 bits per heavy atom. The van der Waals surface area contributed by atoms with Crippen molar-refractivity contribution in [1.29, 1.82) is 0 Å². The highest BCUT2D eigenvalue weighted by Gasteiger charge is 2.54. The molecule has 0 atom stereocenters. The van der Waals surface area contributed by atoms with E-state index in [-0.39, 0.29) is 23.2 Å². The molecule has 0 aromatic heterocycles. The van der Waals surface area contributed by atoms with Crippen LogP contribution in [0.3, 0.4) is 0 Å². The standard InChI is InChI=1S/C20H31NO4/c1-25-17(22)16-2-4-20(24,5-3-16)12-21-18(23)19-9-13-6-14(10-19)8-15(7-13)11-19/h13-16,24H,2-12H2,1H3,(H,21,23). The molecule has 4 bridgehead atoms. The summed E-state index contributed by atoms with van der Waals surface area (Å²) >= 11 is 0. The second-order valence-corrected chi connectivity index (χ2v) is 9.40. The first-order valence-corrected chi connectivity index (χ1v) is 10.00. The van der Waals surface area contributed by atoms with Crippen LogP contribution in [0.2, 0.25) is 0 Å². The van der Waals surface area contributed by atoms with E-state index < -0.39 is 5.60 Å². The molecule has 0 unspecified atom stereocenters. The van der Waals surface area contributed by atoms with Crippen LogP contribution in [0.5, 0.6) is 0 Å². The average molecular weight is 349 g/mol. The molecule has 0 aliphatic heterocycles. The molecule has 1 amide bonds. The average Bonchev–Trinajstić information content (AvgIpc) is 2.58. The highest BCUT2D eigenvalue weighted by atomic mass is 16.5. The van der Waals surface area contributed by atoms with Crippen LogP contribution in [-0.2, 0) is 14.3 Å². The van der Waals surface area contributed by atoms with Crippen molar-refractivity contribution in [2.75, 3.05) is 13.7 Å². The van der Waals surface area contributed by atoms with E-state index in [0.29, 0.717) is 32.2 Å². The van der Waals surface area contributed by atoms with Gasteiger partial charge in [0.2, 0.25) is 5.91 Å². The van der Waals surface area contributed by atoms with Crippen molar-refractivity contribution >= 4 is 11.9 Å². The molecule has 5 heteroatoms. The van der Waals surface area contributed by atoms with Gasteiger partial charge in [-0.2, -0.15) is 0 Å². The Labute approximate surface area is 149 Å². The smallest absolute Gasteiger partial charge is 0.308 e. The van der Waals surface area contributed by atoms with Crippen molar-refractivity contribution in [3.63, 3.8) is 0 Å². The Morgan fingerprint density at radius 3 is 2.04 bits per heavy atom. The Bertz CT molecular complexity index is 515. The number of nitrogens with one attached hydrogen (secondary N) is 1. The van der Waals surface area contributed by atoms with Crippen LogP contribution in [0, 0.1) is 29.1 Å². The van der Waals surface area contributed by atoms with Crippen LogP contribution < -0.4 is 5.32 Å². The molecule has 25 heavy (non-hydrogen) atoms. The van der Waals surface area contributed by atoms with Gasteiger partial charge in [0.1, 0.15) is 0 Å². The number of rotatable bonds is 4. The Kier molecular flexibility index (Phi) is 4.33. The van der Waals surface area contributed by atoms with Gasteiger partial charge in [-0.05, 0) is 82.0 Å². The molecule has 5 fully saturated rings. The van der Waals surface area contributed by atoms with Crippen molar-refractivity contribution in [1.82, 2.24) is 5.32 Å². The van der Waals surface area contributed by atoms with E-state index in [1.165, 1.54) is 26.4 Å². The topological polar surface area (TPSA) is 75.6 Å². The second kappa shape index (κ2) is 6.26. The Balaban J connectivity index is 1.33. The van der Waals surface area contributed by atoms with Gasteiger partial charge in [0, 0.05) is 12.0 Å². The van der Waals surface area contributed by atoms with Crippen LogP contribution in [0.4, 0.5) is 0 Å². The molecule has 0 aromatic rings. The van der Waals surface area contributed by atoms with Crippen molar-refractivity contribution in [3.05, 3.63) is 0 Å². The molecule has 0 saturated heterocycles. The molecule has 2 N–H and O–H groups in total. The number of aliphatic hydroxyl groups is 1. The van der Waals surface area contributed by atoms with Gasteiger partial charge in [0.25, 0.3) is 0 Å². The van der Waals surface area contributed by atoms with E-state index in [4.69, 9.17) is 4.74 Å². The third-order valence-electron chi connectivity index (χ3n) is 7.55. The third-order valence-corrected chi connectivity index (χ3v) is 7.55. The maximum absolute atomic E-state index is 13.0. The van der Waals surface area contributed by atoms with Gasteiger partial charge < -0.3 is 15.2 Å². The van der Waals surface area contributed by atoms with Crippen molar-refractivity contribution in [2.45, 2.75) is 69.8 Å². The number of hydrogen-bond donors (Lipinski definition) is 2. The van der Waals surface area contributed by atoms with E-state index >= 15 is 0 Å². The van der Waals surface area contributed by atoms with Gasteiger partial charge in [-0.3, -0.25) is 9.59 Å². The summed E-state index contributed by atoms with van der Waals surface area (Å²) in [5.41, 5.74) is -1.03. The summed E-state index contributed by atoms with van der Waals surface area (Å²) in [5.74, 6) is 2.13. The van der Waals surface area contributed by atoms with Crippen LogP contribution in [0.1, 0.15) is 64.2 Å². The summed E-state index contributed by atoms with van der Waals surface area (Å²) in [5, 5.41) is 13.9. The Hall–Kier alpha value is -1.10. The first-order valence-electron chi connectivity index (χ1n) is 10.00. The number of amides is 1. The normalized spacial score (nSPS) is 45.2. The summed E-state index contributed by atoms with van der Waals surface area (Å²) in [7, 11) is 1.41. The van der Waals surface area contributed by atoms with Gasteiger partial charge >= 0.3 is 5.97 Å². The van der Waals surface area contributed by atoms with Crippen LogP contribution in [0.25, 0.3) is 0 Å². The summed E-state index contributed by atoms with van der Waals surface area (Å²) in [6.07, 6.45) is 9.49. The lowest BCUT2D eigenvalue weighted by Crippen LogP contribution is -2.56. The van der Waals surface area contributed by atoms with Crippen LogP contribution in [0.15, 0.2) is 0 Å². The Morgan fingerprint density at radius 1 is 1.04 bits per heavy atom. The van der Waals surface area contributed by atoms with E-state index in [0.717, 1.165) is 37.0 Å². The molecule has 0 aromatic carbocycles. The zero-order valence-corrected chi connectivity index (χ0v) is 15.3. The van der Waals surface area contributed by atoms with Gasteiger partial charge in [0.15, 0.2) is 0 Å². The molecule has 140 valence electrons. The molecular formula is C20H31NO4. The fraction of sp³-hybridized carbons (Fsp3) is 0.900. The quantitative estimate of drug-likeness (QED) is 0.764. The molecule has 5 aliphatic rings. The predicted octanol–water partition coefficient (Wildman–Crippen LogP) is 2.41. The highest BCUT2D eigenvalue weighted by molar-refractivity contribution is 5.83. The molecule has 0 heterocycles.